The standard InChI is InChI=1S/C58H109NO5/c1-4-7-10-13-16-19-22-25-26-27-28-29-30-33-36-39-42-45-48-51-58(63)64-54(49-46-43-40-37-34-31-23-20-17-14-11-8-5-2)52-57(62)59-55(53-60)56(61)50-47-44-41-38-35-32-24-21-18-15-12-9-6-3/h16,19,25-26,28-29,54-56,60-61H,4-15,17-18,20-24,27,30-53H2,1-3H3,(H,59,62)/b19-16-,26-25-,29-28-. The zero-order valence-corrected chi connectivity index (χ0v) is 42.9. The van der Waals surface area contributed by atoms with Crippen LogP contribution in [0, 0.1) is 0 Å². The third-order valence-electron chi connectivity index (χ3n) is 13.0. The fourth-order valence-electron chi connectivity index (χ4n) is 8.67. The van der Waals surface area contributed by atoms with Crippen LogP contribution in [0.2, 0.25) is 0 Å². The third-order valence-corrected chi connectivity index (χ3v) is 13.0. The van der Waals surface area contributed by atoms with Crippen LogP contribution < -0.4 is 5.32 Å². The number of unbranched alkanes of at least 4 members (excludes halogenated alkanes) is 33. The second-order valence-corrected chi connectivity index (χ2v) is 19.3. The summed E-state index contributed by atoms with van der Waals surface area (Å²) >= 11 is 0. The lowest BCUT2D eigenvalue weighted by Crippen LogP contribution is -2.46. The van der Waals surface area contributed by atoms with Crippen molar-refractivity contribution in [1.82, 2.24) is 5.32 Å². The lowest BCUT2D eigenvalue weighted by Gasteiger charge is -2.24. The Bertz CT molecular complexity index is 1060. The average molecular weight is 901 g/mol. The quantitative estimate of drug-likeness (QED) is 0.0321. The summed E-state index contributed by atoms with van der Waals surface area (Å²) in [5.74, 6) is -0.473. The normalized spacial score (nSPS) is 13.4. The van der Waals surface area contributed by atoms with Gasteiger partial charge in [-0.2, -0.15) is 0 Å². The van der Waals surface area contributed by atoms with Gasteiger partial charge in [-0.3, -0.25) is 9.59 Å². The Morgan fingerprint density at radius 3 is 1.23 bits per heavy atom. The first-order valence-electron chi connectivity index (χ1n) is 28.2. The van der Waals surface area contributed by atoms with Gasteiger partial charge in [0.2, 0.25) is 5.91 Å². The summed E-state index contributed by atoms with van der Waals surface area (Å²) in [5.41, 5.74) is 0. The maximum Gasteiger partial charge on any atom is 0.306 e. The summed E-state index contributed by atoms with van der Waals surface area (Å²) in [6.07, 6.45) is 62.0. The Balaban J connectivity index is 4.53. The van der Waals surface area contributed by atoms with E-state index in [1.807, 2.05) is 0 Å². The number of carbonyl (C=O) groups excluding carboxylic acids is 2. The molecule has 0 radical (unpaired) electrons. The molecule has 0 saturated carbocycles. The number of hydrogen-bond donors (Lipinski definition) is 3. The van der Waals surface area contributed by atoms with Crippen LogP contribution in [0.4, 0.5) is 0 Å². The number of rotatable bonds is 51. The molecule has 0 aliphatic rings. The highest BCUT2D eigenvalue weighted by Crippen LogP contribution is 2.18. The summed E-state index contributed by atoms with van der Waals surface area (Å²) in [4.78, 5) is 26.2. The first kappa shape index (κ1) is 62.1. The molecule has 6 nitrogen and oxygen atoms in total. The molecule has 0 bridgehead atoms. The number of nitrogens with one attached hydrogen (secondary N) is 1. The van der Waals surface area contributed by atoms with Crippen LogP contribution in [0.3, 0.4) is 0 Å². The van der Waals surface area contributed by atoms with Crippen LogP contribution >= 0.6 is 0 Å². The number of amides is 1. The molecule has 0 aromatic carbocycles. The van der Waals surface area contributed by atoms with E-state index >= 15 is 0 Å². The summed E-state index contributed by atoms with van der Waals surface area (Å²) in [7, 11) is 0. The van der Waals surface area contributed by atoms with E-state index in [4.69, 9.17) is 4.74 Å². The molecular formula is C58H109NO5. The molecule has 3 atom stereocenters. The second kappa shape index (κ2) is 52.1. The molecule has 376 valence electrons. The summed E-state index contributed by atoms with van der Waals surface area (Å²) in [6.45, 7) is 6.48. The molecule has 0 fully saturated rings. The minimum Gasteiger partial charge on any atom is -0.462 e. The highest BCUT2D eigenvalue weighted by Gasteiger charge is 2.24. The second-order valence-electron chi connectivity index (χ2n) is 19.3. The Morgan fingerprint density at radius 2 is 0.797 bits per heavy atom. The van der Waals surface area contributed by atoms with Crippen molar-refractivity contribution in [3.05, 3.63) is 36.5 Å². The molecular weight excluding hydrogens is 791 g/mol. The third kappa shape index (κ3) is 46.6. The number of esters is 1. The van der Waals surface area contributed by atoms with Crippen molar-refractivity contribution >= 4 is 11.9 Å². The monoisotopic (exact) mass is 900 g/mol. The molecule has 6 heteroatoms. The maximum atomic E-state index is 13.2. The number of ether oxygens (including phenoxy) is 1. The summed E-state index contributed by atoms with van der Waals surface area (Å²) in [6, 6.07) is -0.701. The van der Waals surface area contributed by atoms with Gasteiger partial charge in [0.05, 0.1) is 25.2 Å². The Kier molecular flexibility index (Phi) is 50.5. The van der Waals surface area contributed by atoms with Gasteiger partial charge in [-0.1, -0.05) is 256 Å². The van der Waals surface area contributed by atoms with Gasteiger partial charge in [0.25, 0.3) is 0 Å². The molecule has 64 heavy (non-hydrogen) atoms. The molecule has 0 aliphatic heterocycles. The predicted octanol–water partition coefficient (Wildman–Crippen LogP) is 17.2. The highest BCUT2D eigenvalue weighted by molar-refractivity contribution is 5.77. The molecule has 0 rings (SSSR count). The largest absolute Gasteiger partial charge is 0.462 e. The van der Waals surface area contributed by atoms with Crippen LogP contribution in [0.1, 0.15) is 297 Å². The zero-order chi connectivity index (χ0) is 46.7. The lowest BCUT2D eigenvalue weighted by atomic mass is 10.0. The van der Waals surface area contributed by atoms with E-state index in [1.54, 1.807) is 0 Å². The number of aliphatic hydroxyl groups is 2. The fraction of sp³-hybridized carbons (Fsp3) is 0.862. The molecule has 0 aromatic heterocycles. The smallest absolute Gasteiger partial charge is 0.306 e. The van der Waals surface area contributed by atoms with Crippen molar-refractivity contribution in [3.8, 4) is 0 Å². The van der Waals surface area contributed by atoms with Crippen molar-refractivity contribution in [3.63, 3.8) is 0 Å². The summed E-state index contributed by atoms with van der Waals surface area (Å²) < 4.78 is 5.95. The van der Waals surface area contributed by atoms with Gasteiger partial charge < -0.3 is 20.3 Å². The van der Waals surface area contributed by atoms with Gasteiger partial charge in [0.1, 0.15) is 6.10 Å². The van der Waals surface area contributed by atoms with Crippen molar-refractivity contribution in [2.24, 2.45) is 0 Å². The van der Waals surface area contributed by atoms with E-state index in [0.29, 0.717) is 19.3 Å². The highest BCUT2D eigenvalue weighted by atomic mass is 16.5. The van der Waals surface area contributed by atoms with Gasteiger partial charge in [-0.25, -0.2) is 0 Å². The van der Waals surface area contributed by atoms with Crippen molar-refractivity contribution in [2.45, 2.75) is 315 Å². The fourth-order valence-corrected chi connectivity index (χ4v) is 8.67. The van der Waals surface area contributed by atoms with E-state index in [-0.39, 0.29) is 24.9 Å². The van der Waals surface area contributed by atoms with Crippen LogP contribution in [-0.2, 0) is 14.3 Å². The van der Waals surface area contributed by atoms with E-state index in [1.165, 1.54) is 186 Å². The SMILES string of the molecule is CCCCC/C=C\C/C=C\C/C=C\CCCCCCCCC(=O)OC(CCCCCCCCCCCCCCC)CC(=O)NC(CO)C(O)CCCCCCCCCCCCCCC. The predicted molar refractivity (Wildman–Crippen MR) is 278 cm³/mol. The minimum absolute atomic E-state index is 0.0766. The first-order chi connectivity index (χ1) is 31.5. The van der Waals surface area contributed by atoms with Crippen LogP contribution in [0.5, 0.6) is 0 Å². The van der Waals surface area contributed by atoms with Crippen molar-refractivity contribution in [2.75, 3.05) is 6.61 Å². The Hall–Kier alpha value is -1.92. The van der Waals surface area contributed by atoms with Crippen molar-refractivity contribution < 1.29 is 24.5 Å². The van der Waals surface area contributed by atoms with Gasteiger partial charge in [-0.15, -0.1) is 0 Å². The lowest BCUT2D eigenvalue weighted by molar-refractivity contribution is -0.151. The number of allylic oxidation sites excluding steroid dienone is 6. The van der Waals surface area contributed by atoms with Gasteiger partial charge in [0.15, 0.2) is 0 Å². The van der Waals surface area contributed by atoms with Gasteiger partial charge in [-0.05, 0) is 64.2 Å². The zero-order valence-electron chi connectivity index (χ0n) is 42.9. The number of aliphatic hydroxyl groups excluding tert-OH is 2. The molecule has 3 unspecified atom stereocenters. The number of hydrogen-bond acceptors (Lipinski definition) is 5. The number of carbonyl (C=O) groups is 2. The molecule has 1 amide bonds. The van der Waals surface area contributed by atoms with Crippen LogP contribution in [0.25, 0.3) is 0 Å². The van der Waals surface area contributed by atoms with Gasteiger partial charge in [0, 0.05) is 6.42 Å². The molecule has 0 saturated heterocycles. The summed E-state index contributed by atoms with van der Waals surface area (Å²) in [5, 5.41) is 23.8. The minimum atomic E-state index is -0.787. The molecule has 0 heterocycles. The van der Waals surface area contributed by atoms with Crippen molar-refractivity contribution in [1.29, 1.82) is 0 Å². The Labute approximate surface area is 398 Å². The molecule has 0 aliphatic carbocycles. The van der Waals surface area contributed by atoms with E-state index in [2.05, 4.69) is 62.5 Å². The van der Waals surface area contributed by atoms with E-state index in [0.717, 1.165) is 64.2 Å². The van der Waals surface area contributed by atoms with E-state index in [9.17, 15) is 19.8 Å². The van der Waals surface area contributed by atoms with Crippen LogP contribution in [0.15, 0.2) is 36.5 Å². The first-order valence-corrected chi connectivity index (χ1v) is 28.2. The molecule has 0 aromatic rings. The maximum absolute atomic E-state index is 13.2. The molecule has 3 N–H and O–H groups in total. The molecule has 0 spiro atoms. The average Bonchev–Trinajstić information content (AvgIpc) is 3.29. The topological polar surface area (TPSA) is 95.9 Å². The van der Waals surface area contributed by atoms with Crippen LogP contribution in [-0.4, -0.2) is 46.9 Å². The van der Waals surface area contributed by atoms with E-state index < -0.39 is 18.2 Å². The Morgan fingerprint density at radius 1 is 0.453 bits per heavy atom. The van der Waals surface area contributed by atoms with Gasteiger partial charge >= 0.3 is 5.97 Å².